The first-order valence-electron chi connectivity index (χ1n) is 17.6. The molecule has 0 rings (SSSR count). The lowest BCUT2D eigenvalue weighted by atomic mass is 9.96. The summed E-state index contributed by atoms with van der Waals surface area (Å²) in [7, 11) is 0. The van der Waals surface area contributed by atoms with Gasteiger partial charge in [-0.1, -0.05) is 181 Å². The number of rotatable bonds is 32. The fourth-order valence-corrected chi connectivity index (χ4v) is 5.50. The molecule has 0 heterocycles. The molecular weight excluding hydrogens is 500 g/mol. The van der Waals surface area contributed by atoms with Crippen LogP contribution < -0.4 is 0 Å². The minimum Gasteiger partial charge on any atom is -0.390 e. The Morgan fingerprint density at radius 3 is 1.00 bits per heavy atom. The van der Waals surface area contributed by atoms with Crippen molar-refractivity contribution in [2.75, 3.05) is 0 Å². The molecule has 40 heavy (non-hydrogen) atoms. The van der Waals surface area contributed by atoms with Gasteiger partial charge < -0.3 is 15.3 Å². The van der Waals surface area contributed by atoms with Crippen LogP contribution in [0.15, 0.2) is 0 Å². The second kappa shape index (κ2) is 29.7. The van der Waals surface area contributed by atoms with Crippen molar-refractivity contribution in [3.05, 3.63) is 0 Å². The van der Waals surface area contributed by atoms with E-state index in [4.69, 9.17) is 0 Å². The molecule has 5 nitrogen and oxygen atoms in total. The molecule has 0 spiro atoms. The average Bonchev–Trinajstić information content (AvgIpc) is 2.96. The molecule has 0 bridgehead atoms. The Labute approximate surface area is 248 Å². The molecule has 3 unspecified atom stereocenters. The molecule has 0 aromatic heterocycles. The molecule has 0 radical (unpaired) electrons. The first-order valence-corrected chi connectivity index (χ1v) is 17.6. The third kappa shape index (κ3) is 23.9. The molecule has 0 aromatic rings. The predicted molar refractivity (Wildman–Crippen MR) is 169 cm³/mol. The van der Waals surface area contributed by atoms with E-state index in [2.05, 4.69) is 13.8 Å². The number of aliphatic hydroxyl groups is 3. The molecular formula is C35H68O5. The molecule has 0 aromatic carbocycles. The normalized spacial score (nSPS) is 13.8. The molecule has 3 atom stereocenters. The third-order valence-corrected chi connectivity index (χ3v) is 8.36. The molecule has 0 fully saturated rings. The lowest BCUT2D eigenvalue weighted by Crippen LogP contribution is -2.42. The SMILES string of the molecule is CCCCCCCCCCCCCCCC(O)C(=O)C(=O)C(O)C(O)CCCCCCCCCCCCCCC. The van der Waals surface area contributed by atoms with E-state index in [-0.39, 0.29) is 6.42 Å². The summed E-state index contributed by atoms with van der Waals surface area (Å²) in [6, 6.07) is 0. The van der Waals surface area contributed by atoms with Gasteiger partial charge in [0.15, 0.2) is 0 Å². The second-order valence-electron chi connectivity index (χ2n) is 12.3. The monoisotopic (exact) mass is 569 g/mol. The van der Waals surface area contributed by atoms with Crippen LogP contribution in [0, 0.1) is 0 Å². The Hall–Kier alpha value is -0.780. The van der Waals surface area contributed by atoms with Crippen LogP contribution >= 0.6 is 0 Å². The fraction of sp³-hybridized carbons (Fsp3) is 0.943. The van der Waals surface area contributed by atoms with Gasteiger partial charge in [-0.3, -0.25) is 9.59 Å². The van der Waals surface area contributed by atoms with Gasteiger partial charge in [0.2, 0.25) is 11.6 Å². The van der Waals surface area contributed by atoms with E-state index in [0.717, 1.165) is 32.1 Å². The molecule has 0 aliphatic carbocycles. The van der Waals surface area contributed by atoms with Crippen LogP contribution in [0.5, 0.6) is 0 Å². The van der Waals surface area contributed by atoms with Crippen molar-refractivity contribution in [2.45, 2.75) is 212 Å². The van der Waals surface area contributed by atoms with Crippen LogP contribution in [0.25, 0.3) is 0 Å². The van der Waals surface area contributed by atoms with E-state index >= 15 is 0 Å². The molecule has 0 aliphatic rings. The summed E-state index contributed by atoms with van der Waals surface area (Å²) < 4.78 is 0. The van der Waals surface area contributed by atoms with Gasteiger partial charge in [-0.25, -0.2) is 0 Å². The van der Waals surface area contributed by atoms with Gasteiger partial charge in [0.25, 0.3) is 0 Å². The average molecular weight is 569 g/mol. The highest BCUT2D eigenvalue weighted by molar-refractivity contribution is 6.40. The van der Waals surface area contributed by atoms with Gasteiger partial charge in [-0.2, -0.15) is 0 Å². The summed E-state index contributed by atoms with van der Waals surface area (Å²) >= 11 is 0. The zero-order valence-electron chi connectivity index (χ0n) is 26.7. The molecule has 0 saturated carbocycles. The van der Waals surface area contributed by atoms with Gasteiger partial charge >= 0.3 is 0 Å². The van der Waals surface area contributed by atoms with Crippen molar-refractivity contribution in [3.63, 3.8) is 0 Å². The largest absolute Gasteiger partial charge is 0.390 e. The smallest absolute Gasteiger partial charge is 0.232 e. The number of carbonyl (C=O) groups excluding carboxylic acids is 2. The number of Topliss-reactive ketones (excluding diaryl/α,β-unsaturated/α-hetero) is 2. The Morgan fingerprint density at radius 1 is 0.400 bits per heavy atom. The van der Waals surface area contributed by atoms with Crippen LogP contribution in [-0.4, -0.2) is 45.2 Å². The van der Waals surface area contributed by atoms with Crippen molar-refractivity contribution in [1.29, 1.82) is 0 Å². The Morgan fingerprint density at radius 2 is 0.675 bits per heavy atom. The summed E-state index contributed by atoms with van der Waals surface area (Å²) in [5.41, 5.74) is 0. The number of unbranched alkanes of at least 4 members (excludes halogenated alkanes) is 24. The number of hydrogen-bond donors (Lipinski definition) is 3. The zero-order chi connectivity index (χ0) is 29.7. The zero-order valence-corrected chi connectivity index (χ0v) is 26.7. The van der Waals surface area contributed by atoms with Crippen molar-refractivity contribution in [2.24, 2.45) is 0 Å². The van der Waals surface area contributed by atoms with Crippen LogP contribution in [0.4, 0.5) is 0 Å². The van der Waals surface area contributed by atoms with Crippen LogP contribution in [0.1, 0.15) is 194 Å². The quantitative estimate of drug-likeness (QED) is 0.0555. The highest BCUT2D eigenvalue weighted by Gasteiger charge is 2.32. The first-order chi connectivity index (χ1) is 19.5. The number of aliphatic hydroxyl groups excluding tert-OH is 3. The molecule has 5 heteroatoms. The van der Waals surface area contributed by atoms with Gasteiger partial charge in [0.05, 0.1) is 6.10 Å². The molecule has 238 valence electrons. The van der Waals surface area contributed by atoms with E-state index in [1.54, 1.807) is 0 Å². The van der Waals surface area contributed by atoms with Crippen LogP contribution in [-0.2, 0) is 9.59 Å². The topological polar surface area (TPSA) is 94.8 Å². The lowest BCUT2D eigenvalue weighted by Gasteiger charge is -2.17. The molecule has 0 aliphatic heterocycles. The summed E-state index contributed by atoms with van der Waals surface area (Å²) in [6.07, 6.45) is 27.9. The number of carbonyl (C=O) groups is 2. The van der Waals surface area contributed by atoms with E-state index in [1.165, 1.54) is 128 Å². The van der Waals surface area contributed by atoms with Crippen LogP contribution in [0.2, 0.25) is 0 Å². The maximum absolute atomic E-state index is 12.3. The number of ketones is 2. The van der Waals surface area contributed by atoms with Gasteiger partial charge in [-0.05, 0) is 12.8 Å². The van der Waals surface area contributed by atoms with E-state index < -0.39 is 29.9 Å². The van der Waals surface area contributed by atoms with Crippen molar-refractivity contribution in [1.82, 2.24) is 0 Å². The minimum atomic E-state index is -1.73. The van der Waals surface area contributed by atoms with Gasteiger partial charge in [-0.15, -0.1) is 0 Å². The Kier molecular flexibility index (Phi) is 29.1. The number of hydrogen-bond acceptors (Lipinski definition) is 5. The lowest BCUT2D eigenvalue weighted by molar-refractivity contribution is -0.149. The summed E-state index contributed by atoms with van der Waals surface area (Å²) in [4.78, 5) is 24.5. The highest BCUT2D eigenvalue weighted by Crippen LogP contribution is 2.16. The van der Waals surface area contributed by atoms with Gasteiger partial charge in [0.1, 0.15) is 12.2 Å². The predicted octanol–water partition coefficient (Wildman–Crippen LogP) is 9.17. The molecule has 3 N–H and O–H groups in total. The molecule has 0 amide bonds. The van der Waals surface area contributed by atoms with Crippen molar-refractivity contribution < 1.29 is 24.9 Å². The fourth-order valence-electron chi connectivity index (χ4n) is 5.50. The van der Waals surface area contributed by atoms with Crippen molar-refractivity contribution >= 4 is 11.6 Å². The summed E-state index contributed by atoms with van der Waals surface area (Å²) in [5.74, 6) is -2.01. The Balaban J connectivity index is 3.71. The standard InChI is InChI=1S/C35H68O5/c1-3-5-7-9-11-13-15-17-19-21-23-25-27-29-31(36)33(38)35(40)34(39)32(37)30-28-26-24-22-20-18-16-14-12-10-8-6-4-2/h31-33,36-38H,3-30H2,1-2H3. The van der Waals surface area contributed by atoms with E-state index in [0.29, 0.717) is 12.8 Å². The second-order valence-corrected chi connectivity index (χ2v) is 12.3. The van der Waals surface area contributed by atoms with Gasteiger partial charge in [0, 0.05) is 0 Å². The first kappa shape index (κ1) is 39.2. The summed E-state index contributed by atoms with van der Waals surface area (Å²) in [5, 5.41) is 30.5. The highest BCUT2D eigenvalue weighted by atomic mass is 16.3. The minimum absolute atomic E-state index is 0.240. The molecule has 0 saturated heterocycles. The van der Waals surface area contributed by atoms with E-state index in [1.807, 2.05) is 0 Å². The Bertz CT molecular complexity index is 564. The van der Waals surface area contributed by atoms with Crippen molar-refractivity contribution in [3.8, 4) is 0 Å². The van der Waals surface area contributed by atoms with E-state index in [9.17, 15) is 24.9 Å². The maximum Gasteiger partial charge on any atom is 0.232 e. The third-order valence-electron chi connectivity index (χ3n) is 8.36. The maximum atomic E-state index is 12.3. The van der Waals surface area contributed by atoms with Crippen LogP contribution in [0.3, 0.4) is 0 Å². The summed E-state index contributed by atoms with van der Waals surface area (Å²) in [6.45, 7) is 4.49.